The van der Waals surface area contributed by atoms with Gasteiger partial charge >= 0.3 is 0 Å². The van der Waals surface area contributed by atoms with Crippen LogP contribution in [0.5, 0.6) is 0 Å². The first-order chi connectivity index (χ1) is 9.12. The first-order valence-electron chi connectivity index (χ1n) is 7.06. The van der Waals surface area contributed by atoms with Crippen molar-refractivity contribution in [1.29, 1.82) is 0 Å². The molecule has 19 heavy (non-hydrogen) atoms. The quantitative estimate of drug-likeness (QED) is 0.918. The molecule has 1 fully saturated rings. The maximum Gasteiger partial charge on any atom is 0.134 e. The van der Waals surface area contributed by atoms with Crippen LogP contribution in [0.15, 0.2) is 28.7 Å². The highest BCUT2D eigenvalue weighted by Gasteiger charge is 2.32. The second-order valence-corrected chi connectivity index (χ2v) is 6.04. The normalized spacial score (nSPS) is 19.3. The van der Waals surface area contributed by atoms with Crippen LogP contribution in [0.25, 0.3) is 11.0 Å². The monoisotopic (exact) mass is 258 g/mol. The smallest absolute Gasteiger partial charge is 0.134 e. The van der Waals surface area contributed by atoms with E-state index < -0.39 is 0 Å². The lowest BCUT2D eigenvalue weighted by Crippen LogP contribution is -2.37. The molecule has 0 unspecified atom stereocenters. The lowest BCUT2D eigenvalue weighted by atomic mass is 10.0. The Morgan fingerprint density at radius 2 is 2.11 bits per heavy atom. The second kappa shape index (κ2) is 4.66. The highest BCUT2D eigenvalue weighted by molar-refractivity contribution is 5.82. The minimum Gasteiger partial charge on any atom is -0.459 e. The van der Waals surface area contributed by atoms with Gasteiger partial charge in [-0.25, -0.2) is 0 Å². The van der Waals surface area contributed by atoms with Crippen LogP contribution in [0.1, 0.15) is 38.0 Å². The van der Waals surface area contributed by atoms with Crippen LogP contribution in [0.3, 0.4) is 0 Å². The minimum absolute atomic E-state index is 0.282. The zero-order chi connectivity index (χ0) is 13.5. The number of likely N-dealkylation sites (tertiary alicyclic amines) is 1. The van der Waals surface area contributed by atoms with Crippen molar-refractivity contribution in [2.45, 2.75) is 45.3 Å². The molecule has 0 bridgehead atoms. The molecule has 2 heterocycles. The molecule has 2 aromatic rings. The van der Waals surface area contributed by atoms with Gasteiger partial charge in [-0.1, -0.05) is 18.2 Å². The summed E-state index contributed by atoms with van der Waals surface area (Å²) in [6.45, 7) is 7.22. The number of rotatable bonds is 3. The Morgan fingerprint density at radius 1 is 1.32 bits per heavy atom. The summed E-state index contributed by atoms with van der Waals surface area (Å²) in [7, 11) is 0. The average molecular weight is 258 g/mol. The number of hydrogen-bond acceptors (Lipinski definition) is 3. The molecule has 1 saturated heterocycles. The van der Waals surface area contributed by atoms with Crippen LogP contribution in [0.2, 0.25) is 0 Å². The maximum atomic E-state index is 5.88. The minimum atomic E-state index is 0.282. The Balaban J connectivity index is 2.00. The van der Waals surface area contributed by atoms with Gasteiger partial charge in [0.05, 0.1) is 6.54 Å². The van der Waals surface area contributed by atoms with Crippen molar-refractivity contribution in [3.8, 4) is 0 Å². The van der Waals surface area contributed by atoms with Gasteiger partial charge in [0, 0.05) is 23.0 Å². The molecule has 3 heteroatoms. The molecule has 3 rings (SSSR count). The highest BCUT2D eigenvalue weighted by atomic mass is 16.3. The van der Waals surface area contributed by atoms with Gasteiger partial charge in [0.25, 0.3) is 0 Å². The van der Waals surface area contributed by atoms with Crippen molar-refractivity contribution in [2.75, 3.05) is 6.54 Å². The molecule has 0 saturated carbocycles. The molecule has 0 spiro atoms. The van der Waals surface area contributed by atoms with Gasteiger partial charge < -0.3 is 10.2 Å². The summed E-state index contributed by atoms with van der Waals surface area (Å²) in [4.78, 5) is 2.55. The fourth-order valence-electron chi connectivity index (χ4n) is 3.13. The zero-order valence-corrected chi connectivity index (χ0v) is 11.8. The zero-order valence-electron chi connectivity index (χ0n) is 11.8. The Bertz CT molecular complexity index is 585. The summed E-state index contributed by atoms with van der Waals surface area (Å²) in [6.07, 6.45) is 2.54. The third-order valence-corrected chi connectivity index (χ3v) is 4.39. The Hall–Kier alpha value is -1.32. The summed E-state index contributed by atoms with van der Waals surface area (Å²) < 4.78 is 5.88. The Morgan fingerprint density at radius 3 is 2.79 bits per heavy atom. The predicted octanol–water partition coefficient (Wildman–Crippen LogP) is 3.27. The molecular weight excluding hydrogens is 236 g/mol. The molecule has 0 aliphatic carbocycles. The van der Waals surface area contributed by atoms with Gasteiger partial charge in [-0.15, -0.1) is 0 Å². The van der Waals surface area contributed by atoms with E-state index in [1.807, 2.05) is 12.1 Å². The Kier molecular flexibility index (Phi) is 3.11. The molecule has 1 aromatic carbocycles. The number of nitrogens with zero attached hydrogens (tertiary/aromatic N) is 1. The molecule has 3 nitrogen and oxygen atoms in total. The Labute approximate surface area is 114 Å². The number of furan rings is 1. The van der Waals surface area contributed by atoms with Crippen LogP contribution < -0.4 is 5.73 Å². The molecule has 1 aliphatic rings. The van der Waals surface area contributed by atoms with E-state index in [4.69, 9.17) is 10.2 Å². The fourth-order valence-corrected chi connectivity index (χ4v) is 3.13. The molecule has 102 valence electrons. The van der Waals surface area contributed by atoms with E-state index in [-0.39, 0.29) is 5.54 Å². The van der Waals surface area contributed by atoms with Crippen molar-refractivity contribution >= 4 is 11.0 Å². The van der Waals surface area contributed by atoms with Crippen molar-refractivity contribution in [3.63, 3.8) is 0 Å². The largest absolute Gasteiger partial charge is 0.459 e. The molecule has 1 aliphatic heterocycles. The summed E-state index contributed by atoms with van der Waals surface area (Å²) in [5, 5.41) is 1.21. The highest BCUT2D eigenvalue weighted by Crippen LogP contribution is 2.33. The van der Waals surface area contributed by atoms with Crippen LogP contribution in [0, 0.1) is 0 Å². The van der Waals surface area contributed by atoms with Gasteiger partial charge in [0.1, 0.15) is 11.3 Å². The van der Waals surface area contributed by atoms with Crippen LogP contribution in [-0.4, -0.2) is 17.0 Å². The van der Waals surface area contributed by atoms with Crippen LogP contribution in [0.4, 0.5) is 0 Å². The van der Waals surface area contributed by atoms with Crippen molar-refractivity contribution in [1.82, 2.24) is 4.90 Å². The average Bonchev–Trinajstić information content (AvgIpc) is 2.91. The molecular formula is C16H22N2O. The maximum absolute atomic E-state index is 5.88. The van der Waals surface area contributed by atoms with Gasteiger partial charge in [-0.05, 0) is 39.3 Å². The topological polar surface area (TPSA) is 42.4 Å². The number of benzene rings is 1. The SMILES string of the molecule is CC1(C)CCCN1Cc1c(CN)oc2ccccc12. The molecule has 1 aromatic heterocycles. The summed E-state index contributed by atoms with van der Waals surface area (Å²) in [5.41, 5.74) is 8.35. The van der Waals surface area contributed by atoms with Gasteiger partial charge in [-0.3, -0.25) is 4.90 Å². The summed E-state index contributed by atoms with van der Waals surface area (Å²) in [5.74, 6) is 0.934. The first-order valence-corrected chi connectivity index (χ1v) is 7.06. The van der Waals surface area contributed by atoms with E-state index in [0.29, 0.717) is 6.54 Å². The number of fused-ring (bicyclic) bond motifs is 1. The standard InChI is InChI=1S/C16H22N2O/c1-16(2)8-5-9-18(16)11-13-12-6-3-4-7-14(12)19-15(13)10-17/h3-4,6-7H,5,8-11,17H2,1-2H3. The molecule has 2 N–H and O–H groups in total. The number of para-hydroxylation sites is 1. The van der Waals surface area contributed by atoms with Gasteiger partial charge in [0.15, 0.2) is 0 Å². The van der Waals surface area contributed by atoms with E-state index in [9.17, 15) is 0 Å². The number of nitrogens with two attached hydrogens (primary N) is 1. The summed E-state index contributed by atoms with van der Waals surface area (Å²) in [6, 6.07) is 8.23. The van der Waals surface area contributed by atoms with Crippen LogP contribution >= 0.6 is 0 Å². The fraction of sp³-hybridized carbons (Fsp3) is 0.500. The molecule has 0 radical (unpaired) electrons. The molecule has 0 amide bonds. The number of hydrogen-bond donors (Lipinski definition) is 1. The van der Waals surface area contributed by atoms with E-state index in [2.05, 4.69) is 30.9 Å². The van der Waals surface area contributed by atoms with E-state index in [1.54, 1.807) is 0 Å². The lowest BCUT2D eigenvalue weighted by molar-refractivity contribution is 0.166. The lowest BCUT2D eigenvalue weighted by Gasteiger charge is -2.31. The third kappa shape index (κ3) is 2.17. The van der Waals surface area contributed by atoms with Gasteiger partial charge in [0.2, 0.25) is 0 Å². The van der Waals surface area contributed by atoms with Crippen LogP contribution in [-0.2, 0) is 13.1 Å². The predicted molar refractivity (Wildman–Crippen MR) is 77.8 cm³/mol. The van der Waals surface area contributed by atoms with Gasteiger partial charge in [-0.2, -0.15) is 0 Å². The third-order valence-electron chi connectivity index (χ3n) is 4.39. The first kappa shape index (κ1) is 12.7. The van der Waals surface area contributed by atoms with Crippen molar-refractivity contribution < 1.29 is 4.42 Å². The van der Waals surface area contributed by atoms with E-state index in [0.717, 1.165) is 24.4 Å². The van der Waals surface area contributed by atoms with Crippen molar-refractivity contribution in [3.05, 3.63) is 35.6 Å². The van der Waals surface area contributed by atoms with Crippen molar-refractivity contribution in [2.24, 2.45) is 5.73 Å². The van der Waals surface area contributed by atoms with E-state index in [1.165, 1.54) is 23.8 Å². The second-order valence-electron chi connectivity index (χ2n) is 6.04. The molecule has 0 atom stereocenters. The summed E-state index contributed by atoms with van der Waals surface area (Å²) >= 11 is 0. The van der Waals surface area contributed by atoms with E-state index >= 15 is 0 Å².